The zero-order valence-electron chi connectivity index (χ0n) is 9.81. The first-order chi connectivity index (χ1) is 8.74. The van der Waals surface area contributed by atoms with Crippen molar-refractivity contribution in [2.24, 2.45) is 10.7 Å². The Kier molecular flexibility index (Phi) is 4.36. The number of anilines is 1. The van der Waals surface area contributed by atoms with Gasteiger partial charge in [-0.1, -0.05) is 46.3 Å². The zero-order valence-corrected chi connectivity index (χ0v) is 11.4. The summed E-state index contributed by atoms with van der Waals surface area (Å²) in [5.74, 6) is 0.418. The van der Waals surface area contributed by atoms with Crippen LogP contribution in [0.1, 0.15) is 5.56 Å². The van der Waals surface area contributed by atoms with Gasteiger partial charge < -0.3 is 11.1 Å². The SMILES string of the molecule is NC(=NCc1ccccc1)Nc1ccc(Br)cc1. The summed E-state index contributed by atoms with van der Waals surface area (Å²) in [4.78, 5) is 4.28. The minimum Gasteiger partial charge on any atom is -0.370 e. The molecular weight excluding hydrogens is 290 g/mol. The molecule has 0 fully saturated rings. The number of nitrogens with zero attached hydrogens (tertiary/aromatic N) is 1. The Morgan fingerprint density at radius 2 is 1.72 bits per heavy atom. The Labute approximate surface area is 115 Å². The predicted octanol–water partition coefficient (Wildman–Crippen LogP) is 3.38. The first-order valence-corrected chi connectivity index (χ1v) is 6.40. The van der Waals surface area contributed by atoms with E-state index in [2.05, 4.69) is 26.2 Å². The van der Waals surface area contributed by atoms with E-state index in [1.54, 1.807) is 0 Å². The molecule has 0 heterocycles. The Balaban J connectivity index is 1.95. The zero-order chi connectivity index (χ0) is 12.8. The molecule has 18 heavy (non-hydrogen) atoms. The van der Waals surface area contributed by atoms with Crippen molar-refractivity contribution in [1.29, 1.82) is 0 Å². The van der Waals surface area contributed by atoms with Crippen LogP contribution >= 0.6 is 15.9 Å². The number of nitrogens with one attached hydrogen (secondary N) is 1. The molecule has 0 aliphatic rings. The number of guanidine groups is 1. The maximum absolute atomic E-state index is 5.82. The molecule has 92 valence electrons. The number of benzene rings is 2. The molecule has 3 nitrogen and oxygen atoms in total. The van der Waals surface area contributed by atoms with Crippen molar-refractivity contribution >= 4 is 27.6 Å². The molecular formula is C14H14BrN3. The number of rotatable bonds is 3. The molecule has 2 aromatic carbocycles. The van der Waals surface area contributed by atoms with Gasteiger partial charge in [-0.2, -0.15) is 0 Å². The van der Waals surface area contributed by atoms with Gasteiger partial charge in [0.25, 0.3) is 0 Å². The third-order valence-electron chi connectivity index (χ3n) is 2.39. The van der Waals surface area contributed by atoms with Crippen molar-refractivity contribution in [3.8, 4) is 0 Å². The van der Waals surface area contributed by atoms with E-state index in [-0.39, 0.29) is 0 Å². The highest BCUT2D eigenvalue weighted by Crippen LogP contribution is 2.13. The summed E-state index contributed by atoms with van der Waals surface area (Å²) in [6.07, 6.45) is 0. The highest BCUT2D eigenvalue weighted by Gasteiger charge is 1.95. The summed E-state index contributed by atoms with van der Waals surface area (Å²) in [6, 6.07) is 17.8. The van der Waals surface area contributed by atoms with E-state index in [0.29, 0.717) is 12.5 Å². The Hall–Kier alpha value is -1.81. The van der Waals surface area contributed by atoms with Crippen LogP contribution in [0.3, 0.4) is 0 Å². The molecule has 0 aromatic heterocycles. The lowest BCUT2D eigenvalue weighted by Gasteiger charge is -2.05. The lowest BCUT2D eigenvalue weighted by molar-refractivity contribution is 1.06. The summed E-state index contributed by atoms with van der Waals surface area (Å²) in [6.45, 7) is 0.580. The summed E-state index contributed by atoms with van der Waals surface area (Å²) < 4.78 is 1.04. The van der Waals surface area contributed by atoms with E-state index in [9.17, 15) is 0 Å². The first kappa shape index (κ1) is 12.6. The van der Waals surface area contributed by atoms with Crippen LogP contribution in [0.25, 0.3) is 0 Å². The molecule has 0 saturated heterocycles. The molecule has 0 radical (unpaired) electrons. The molecule has 0 spiro atoms. The van der Waals surface area contributed by atoms with Crippen LogP contribution in [0, 0.1) is 0 Å². The number of aliphatic imine (C=N–C) groups is 1. The van der Waals surface area contributed by atoms with Crippen LogP contribution in [-0.4, -0.2) is 5.96 Å². The van der Waals surface area contributed by atoms with Crippen molar-refractivity contribution in [1.82, 2.24) is 0 Å². The summed E-state index contributed by atoms with van der Waals surface area (Å²) in [5.41, 5.74) is 7.88. The largest absolute Gasteiger partial charge is 0.370 e. The molecule has 0 amide bonds. The lowest BCUT2D eigenvalue weighted by Crippen LogP contribution is -2.22. The number of halogens is 1. The molecule has 4 heteroatoms. The average Bonchev–Trinajstić information content (AvgIpc) is 2.40. The van der Waals surface area contributed by atoms with Crippen molar-refractivity contribution in [3.63, 3.8) is 0 Å². The fourth-order valence-electron chi connectivity index (χ4n) is 1.48. The standard InChI is InChI=1S/C14H14BrN3/c15-12-6-8-13(9-7-12)18-14(16)17-10-11-4-2-1-3-5-11/h1-9H,10H2,(H3,16,17,18). The van der Waals surface area contributed by atoms with Crippen molar-refractivity contribution < 1.29 is 0 Å². The van der Waals surface area contributed by atoms with Gasteiger partial charge in [0.1, 0.15) is 0 Å². The van der Waals surface area contributed by atoms with Crippen LogP contribution in [-0.2, 0) is 6.54 Å². The second-order valence-electron chi connectivity index (χ2n) is 3.82. The van der Waals surface area contributed by atoms with Crippen LogP contribution in [0.2, 0.25) is 0 Å². The Morgan fingerprint density at radius 3 is 2.39 bits per heavy atom. The van der Waals surface area contributed by atoms with Gasteiger partial charge >= 0.3 is 0 Å². The van der Waals surface area contributed by atoms with Crippen molar-refractivity contribution in [2.45, 2.75) is 6.54 Å². The highest BCUT2D eigenvalue weighted by atomic mass is 79.9. The Morgan fingerprint density at radius 1 is 1.06 bits per heavy atom. The van der Waals surface area contributed by atoms with Gasteiger partial charge in [-0.3, -0.25) is 0 Å². The fraction of sp³-hybridized carbons (Fsp3) is 0.0714. The van der Waals surface area contributed by atoms with Crippen LogP contribution in [0.4, 0.5) is 5.69 Å². The van der Waals surface area contributed by atoms with Gasteiger partial charge in [-0.25, -0.2) is 4.99 Å². The number of nitrogens with two attached hydrogens (primary N) is 1. The second kappa shape index (κ2) is 6.21. The van der Waals surface area contributed by atoms with Gasteiger partial charge in [-0.05, 0) is 29.8 Å². The molecule has 3 N–H and O–H groups in total. The van der Waals surface area contributed by atoms with Crippen molar-refractivity contribution in [3.05, 3.63) is 64.6 Å². The molecule has 2 aromatic rings. The minimum atomic E-state index is 0.418. The van der Waals surface area contributed by atoms with E-state index in [0.717, 1.165) is 15.7 Å². The fourth-order valence-corrected chi connectivity index (χ4v) is 1.74. The maximum Gasteiger partial charge on any atom is 0.193 e. The summed E-state index contributed by atoms with van der Waals surface area (Å²) in [7, 11) is 0. The van der Waals surface area contributed by atoms with Gasteiger partial charge in [0, 0.05) is 10.2 Å². The van der Waals surface area contributed by atoms with Gasteiger partial charge in [0.2, 0.25) is 0 Å². The van der Waals surface area contributed by atoms with Gasteiger partial charge in [0.05, 0.1) is 6.54 Å². The van der Waals surface area contributed by atoms with Crippen LogP contribution < -0.4 is 11.1 Å². The van der Waals surface area contributed by atoms with E-state index >= 15 is 0 Å². The number of hydrogen-bond donors (Lipinski definition) is 2. The minimum absolute atomic E-state index is 0.418. The third-order valence-corrected chi connectivity index (χ3v) is 2.92. The van der Waals surface area contributed by atoms with Gasteiger partial charge in [0.15, 0.2) is 5.96 Å². The average molecular weight is 304 g/mol. The smallest absolute Gasteiger partial charge is 0.193 e. The molecule has 0 bridgehead atoms. The van der Waals surface area contributed by atoms with Crippen molar-refractivity contribution in [2.75, 3.05) is 5.32 Å². The molecule has 0 saturated carbocycles. The maximum atomic E-state index is 5.82. The monoisotopic (exact) mass is 303 g/mol. The van der Waals surface area contributed by atoms with Crippen LogP contribution in [0.15, 0.2) is 64.1 Å². The quantitative estimate of drug-likeness (QED) is 0.674. The third kappa shape index (κ3) is 3.89. The van der Waals surface area contributed by atoms with E-state index in [4.69, 9.17) is 5.73 Å². The van der Waals surface area contributed by atoms with Crippen LogP contribution in [0.5, 0.6) is 0 Å². The number of hydrogen-bond acceptors (Lipinski definition) is 1. The summed E-state index contributed by atoms with van der Waals surface area (Å²) >= 11 is 3.38. The normalized spacial score (nSPS) is 11.3. The molecule has 0 atom stereocenters. The molecule has 0 unspecified atom stereocenters. The van der Waals surface area contributed by atoms with E-state index in [1.165, 1.54) is 0 Å². The highest BCUT2D eigenvalue weighted by molar-refractivity contribution is 9.10. The van der Waals surface area contributed by atoms with Gasteiger partial charge in [-0.15, -0.1) is 0 Å². The molecule has 2 rings (SSSR count). The van der Waals surface area contributed by atoms with E-state index < -0.39 is 0 Å². The lowest BCUT2D eigenvalue weighted by atomic mass is 10.2. The topological polar surface area (TPSA) is 50.4 Å². The van der Waals surface area contributed by atoms with E-state index in [1.807, 2.05) is 54.6 Å². The Bertz CT molecular complexity index is 520. The summed E-state index contributed by atoms with van der Waals surface area (Å²) in [5, 5.41) is 3.05. The molecule has 0 aliphatic carbocycles. The first-order valence-electron chi connectivity index (χ1n) is 5.60. The molecule has 0 aliphatic heterocycles. The second-order valence-corrected chi connectivity index (χ2v) is 4.73. The predicted molar refractivity (Wildman–Crippen MR) is 79.5 cm³/mol.